The van der Waals surface area contributed by atoms with E-state index in [2.05, 4.69) is 0 Å². The number of carbonyl (C=O) groups excluding carboxylic acids is 1. The van der Waals surface area contributed by atoms with Crippen LogP contribution in [0.4, 0.5) is 0 Å². The standard InChI is InChI=1S/C9H11ClNO/c10-6-4-5-9(12)11-7-2-1-3-8-11/h1-3,7-8H,4-6H2/q+1. The Hall–Kier alpha value is -0.890. The first-order valence-electron chi connectivity index (χ1n) is 3.90. The van der Waals surface area contributed by atoms with Crippen LogP contribution in [0.2, 0.25) is 0 Å². The molecule has 0 amide bonds. The summed E-state index contributed by atoms with van der Waals surface area (Å²) in [7, 11) is 0. The van der Waals surface area contributed by atoms with E-state index < -0.39 is 0 Å². The molecule has 64 valence electrons. The summed E-state index contributed by atoms with van der Waals surface area (Å²) in [6, 6.07) is 5.54. The molecule has 1 aromatic heterocycles. The van der Waals surface area contributed by atoms with Crippen molar-refractivity contribution < 1.29 is 9.36 Å². The molecule has 1 heterocycles. The molecule has 0 fully saturated rings. The zero-order chi connectivity index (χ0) is 8.81. The summed E-state index contributed by atoms with van der Waals surface area (Å²) in [4.78, 5) is 11.3. The maximum Gasteiger partial charge on any atom is 0.392 e. The summed E-state index contributed by atoms with van der Waals surface area (Å²) in [5.74, 6) is 0.635. The molecule has 0 aliphatic carbocycles. The Kier molecular flexibility index (Phi) is 3.74. The quantitative estimate of drug-likeness (QED) is 0.517. The highest BCUT2D eigenvalue weighted by molar-refractivity contribution is 6.17. The van der Waals surface area contributed by atoms with Crippen molar-refractivity contribution >= 4 is 17.5 Å². The van der Waals surface area contributed by atoms with Gasteiger partial charge in [0, 0.05) is 18.0 Å². The van der Waals surface area contributed by atoms with Gasteiger partial charge in [-0.2, -0.15) is 0 Å². The lowest BCUT2D eigenvalue weighted by molar-refractivity contribution is -0.574. The minimum absolute atomic E-state index is 0.0938. The molecule has 1 rings (SSSR count). The van der Waals surface area contributed by atoms with Crippen molar-refractivity contribution in [3.63, 3.8) is 0 Å². The van der Waals surface area contributed by atoms with Gasteiger partial charge in [-0.05, 0) is 6.42 Å². The van der Waals surface area contributed by atoms with E-state index in [1.165, 1.54) is 0 Å². The summed E-state index contributed by atoms with van der Waals surface area (Å²) in [5.41, 5.74) is 0. The number of halogens is 1. The molecule has 2 nitrogen and oxygen atoms in total. The molecule has 1 aromatic rings. The Morgan fingerprint density at radius 3 is 2.50 bits per heavy atom. The summed E-state index contributed by atoms with van der Waals surface area (Å²) >= 11 is 5.47. The maximum absolute atomic E-state index is 11.3. The highest BCUT2D eigenvalue weighted by Crippen LogP contribution is 1.91. The molecule has 0 N–H and O–H groups in total. The van der Waals surface area contributed by atoms with Crippen LogP contribution in [0.1, 0.15) is 17.6 Å². The third-order valence-electron chi connectivity index (χ3n) is 1.53. The molecule has 0 aromatic carbocycles. The van der Waals surface area contributed by atoms with Crippen molar-refractivity contribution in [1.82, 2.24) is 0 Å². The first-order chi connectivity index (χ1) is 5.84. The van der Waals surface area contributed by atoms with Gasteiger partial charge >= 0.3 is 5.91 Å². The highest BCUT2D eigenvalue weighted by atomic mass is 35.5. The average Bonchev–Trinajstić information content (AvgIpc) is 2.15. The van der Waals surface area contributed by atoms with Crippen molar-refractivity contribution in [3.8, 4) is 0 Å². The molecule has 0 spiro atoms. The van der Waals surface area contributed by atoms with Gasteiger partial charge in [0.1, 0.15) is 0 Å². The molecular formula is C9H11ClNO+. The average molecular weight is 185 g/mol. The van der Waals surface area contributed by atoms with Crippen molar-refractivity contribution in [1.29, 1.82) is 0 Å². The van der Waals surface area contributed by atoms with Crippen molar-refractivity contribution in [2.24, 2.45) is 0 Å². The second-order valence-corrected chi connectivity index (χ2v) is 2.85. The number of hydrogen-bond acceptors (Lipinski definition) is 1. The van der Waals surface area contributed by atoms with Gasteiger partial charge in [-0.25, -0.2) is 4.79 Å². The first kappa shape index (κ1) is 9.20. The molecule has 0 aliphatic heterocycles. The minimum atomic E-state index is 0.0938. The molecule has 0 atom stereocenters. The fourth-order valence-corrected chi connectivity index (χ4v) is 1.05. The molecule has 12 heavy (non-hydrogen) atoms. The van der Waals surface area contributed by atoms with Crippen LogP contribution in [0.5, 0.6) is 0 Å². The number of rotatable bonds is 3. The van der Waals surface area contributed by atoms with Crippen LogP contribution >= 0.6 is 11.6 Å². The van der Waals surface area contributed by atoms with Crippen LogP contribution in [0.25, 0.3) is 0 Å². The number of aromatic nitrogens is 1. The number of nitrogens with zero attached hydrogens (tertiary/aromatic N) is 1. The highest BCUT2D eigenvalue weighted by Gasteiger charge is 2.10. The molecule has 0 saturated carbocycles. The lowest BCUT2D eigenvalue weighted by atomic mass is 10.3. The molecule has 0 radical (unpaired) electrons. The first-order valence-corrected chi connectivity index (χ1v) is 4.43. The summed E-state index contributed by atoms with van der Waals surface area (Å²) < 4.78 is 1.58. The van der Waals surface area contributed by atoms with Gasteiger partial charge in [0.15, 0.2) is 12.4 Å². The van der Waals surface area contributed by atoms with E-state index in [4.69, 9.17) is 11.6 Å². The van der Waals surface area contributed by atoms with E-state index >= 15 is 0 Å². The second-order valence-electron chi connectivity index (χ2n) is 2.47. The molecule has 0 saturated heterocycles. The van der Waals surface area contributed by atoms with Crippen LogP contribution in [0, 0.1) is 0 Å². The van der Waals surface area contributed by atoms with E-state index in [0.29, 0.717) is 12.3 Å². The molecule has 0 aliphatic rings. The second kappa shape index (κ2) is 4.88. The van der Waals surface area contributed by atoms with Crippen molar-refractivity contribution in [2.75, 3.05) is 5.88 Å². The normalized spacial score (nSPS) is 9.75. The molecule has 0 unspecified atom stereocenters. The van der Waals surface area contributed by atoms with E-state index in [0.717, 1.165) is 6.42 Å². The lowest BCUT2D eigenvalue weighted by Gasteiger charge is -1.91. The van der Waals surface area contributed by atoms with Crippen LogP contribution in [-0.2, 0) is 0 Å². The van der Waals surface area contributed by atoms with Crippen LogP contribution in [0.15, 0.2) is 30.6 Å². The Balaban J connectivity index is 2.54. The van der Waals surface area contributed by atoms with Gasteiger partial charge in [-0.1, -0.05) is 6.07 Å². The molecular weight excluding hydrogens is 174 g/mol. The Labute approximate surface area is 76.8 Å². The van der Waals surface area contributed by atoms with E-state index in [-0.39, 0.29) is 5.91 Å². The summed E-state index contributed by atoms with van der Waals surface area (Å²) in [6.07, 6.45) is 4.74. The third-order valence-corrected chi connectivity index (χ3v) is 1.80. The van der Waals surface area contributed by atoms with Crippen molar-refractivity contribution in [2.45, 2.75) is 12.8 Å². The van der Waals surface area contributed by atoms with Crippen LogP contribution in [0.3, 0.4) is 0 Å². The Bertz CT molecular complexity index is 248. The van der Waals surface area contributed by atoms with Crippen LogP contribution < -0.4 is 4.57 Å². The number of pyridine rings is 1. The number of hydrogen-bond donors (Lipinski definition) is 0. The molecule has 3 heteroatoms. The van der Waals surface area contributed by atoms with Gasteiger partial charge in [0.25, 0.3) is 0 Å². The number of alkyl halides is 1. The SMILES string of the molecule is O=C(CCCCl)[n+]1ccccc1. The lowest BCUT2D eigenvalue weighted by Crippen LogP contribution is -2.41. The van der Waals surface area contributed by atoms with Gasteiger partial charge in [0.05, 0.1) is 6.42 Å². The monoisotopic (exact) mass is 184 g/mol. The Morgan fingerprint density at radius 1 is 1.25 bits per heavy atom. The molecule has 0 bridgehead atoms. The summed E-state index contributed by atoms with van der Waals surface area (Å²) in [6.45, 7) is 0. The predicted octanol–water partition coefficient (Wildman–Crippen LogP) is 1.63. The van der Waals surface area contributed by atoms with E-state index in [1.807, 2.05) is 18.2 Å². The van der Waals surface area contributed by atoms with Crippen molar-refractivity contribution in [3.05, 3.63) is 30.6 Å². The van der Waals surface area contributed by atoms with Gasteiger partial charge in [0.2, 0.25) is 0 Å². The van der Waals surface area contributed by atoms with Crippen LogP contribution in [-0.4, -0.2) is 11.8 Å². The largest absolute Gasteiger partial charge is 0.392 e. The van der Waals surface area contributed by atoms with Gasteiger partial charge < -0.3 is 0 Å². The zero-order valence-electron chi connectivity index (χ0n) is 6.74. The fraction of sp³-hybridized carbons (Fsp3) is 0.333. The van der Waals surface area contributed by atoms with E-state index in [9.17, 15) is 4.79 Å². The van der Waals surface area contributed by atoms with Gasteiger partial charge in [-0.3, -0.25) is 0 Å². The minimum Gasteiger partial charge on any atom is -0.219 e. The maximum atomic E-state index is 11.3. The summed E-state index contributed by atoms with van der Waals surface area (Å²) in [5, 5.41) is 0. The Morgan fingerprint density at radius 2 is 1.92 bits per heavy atom. The number of carbonyl (C=O) groups is 1. The fourth-order valence-electron chi connectivity index (χ4n) is 0.912. The predicted molar refractivity (Wildman–Crippen MR) is 47.2 cm³/mol. The van der Waals surface area contributed by atoms with Gasteiger partial charge in [-0.15, -0.1) is 16.2 Å². The topological polar surface area (TPSA) is 20.9 Å². The smallest absolute Gasteiger partial charge is 0.219 e. The third kappa shape index (κ3) is 2.62. The zero-order valence-corrected chi connectivity index (χ0v) is 7.50. The van der Waals surface area contributed by atoms with E-state index in [1.54, 1.807) is 17.0 Å².